The van der Waals surface area contributed by atoms with Crippen LogP contribution in [0.3, 0.4) is 0 Å². The Hall–Kier alpha value is 0.110. The molecule has 98 valence electrons. The fraction of sp³-hybridized carbons (Fsp3) is 1.00. The van der Waals surface area contributed by atoms with E-state index in [0.29, 0.717) is 0 Å². The van der Waals surface area contributed by atoms with Crippen LogP contribution < -0.4 is 0 Å². The third kappa shape index (κ3) is 6.64. The normalized spacial score (nSPS) is 19.1. The van der Waals surface area contributed by atoms with E-state index in [1.807, 2.05) is 13.8 Å². The molecule has 0 aliphatic carbocycles. The van der Waals surface area contributed by atoms with Gasteiger partial charge in [0, 0.05) is 7.11 Å². The molecule has 0 saturated carbocycles. The van der Waals surface area contributed by atoms with Gasteiger partial charge >= 0.3 is 7.82 Å². The van der Waals surface area contributed by atoms with Gasteiger partial charge in [-0.05, 0) is 26.7 Å². The van der Waals surface area contributed by atoms with Crippen molar-refractivity contribution in [3.8, 4) is 0 Å². The van der Waals surface area contributed by atoms with Crippen LogP contribution in [-0.4, -0.2) is 19.3 Å². The van der Waals surface area contributed by atoms with E-state index < -0.39 is 7.82 Å². The van der Waals surface area contributed by atoms with Gasteiger partial charge < -0.3 is 0 Å². The first-order valence-electron chi connectivity index (χ1n) is 6.00. The van der Waals surface area contributed by atoms with E-state index in [1.54, 1.807) is 0 Å². The van der Waals surface area contributed by atoms with Gasteiger partial charge in [0.25, 0.3) is 0 Å². The molecule has 0 aromatic rings. The zero-order valence-electron chi connectivity index (χ0n) is 11.1. The summed E-state index contributed by atoms with van der Waals surface area (Å²) in [4.78, 5) is 0. The highest BCUT2D eigenvalue weighted by molar-refractivity contribution is 7.48. The maximum Gasteiger partial charge on any atom is 0.475 e. The number of hydrogen-bond acceptors (Lipinski definition) is 4. The third-order valence-electron chi connectivity index (χ3n) is 2.23. The SMILES string of the molecule is CCCC(C)OP(=O)(OC)OC(C)CCC. The molecule has 0 aromatic heterocycles. The van der Waals surface area contributed by atoms with Crippen molar-refractivity contribution in [1.29, 1.82) is 0 Å². The topological polar surface area (TPSA) is 44.8 Å². The first kappa shape index (κ1) is 16.1. The molecule has 0 saturated heterocycles. The third-order valence-corrected chi connectivity index (χ3v) is 3.92. The van der Waals surface area contributed by atoms with Gasteiger partial charge in [-0.15, -0.1) is 0 Å². The lowest BCUT2D eigenvalue weighted by molar-refractivity contribution is 0.0680. The average Bonchev–Trinajstić information content (AvgIpc) is 2.17. The van der Waals surface area contributed by atoms with Crippen molar-refractivity contribution in [2.24, 2.45) is 0 Å². The van der Waals surface area contributed by atoms with Gasteiger partial charge in [0.15, 0.2) is 0 Å². The molecular formula is C11H25O4P. The van der Waals surface area contributed by atoms with Gasteiger partial charge in [-0.1, -0.05) is 26.7 Å². The second-order valence-electron chi connectivity index (χ2n) is 4.04. The van der Waals surface area contributed by atoms with Gasteiger partial charge in [-0.3, -0.25) is 13.6 Å². The Kier molecular flexibility index (Phi) is 8.29. The highest BCUT2D eigenvalue weighted by Crippen LogP contribution is 2.51. The Morgan fingerprint density at radius 2 is 1.38 bits per heavy atom. The van der Waals surface area contributed by atoms with E-state index in [0.717, 1.165) is 25.7 Å². The summed E-state index contributed by atoms with van der Waals surface area (Å²) in [5, 5.41) is 0. The molecular weight excluding hydrogens is 227 g/mol. The van der Waals surface area contributed by atoms with Crippen LogP contribution in [0.1, 0.15) is 53.4 Å². The standard InChI is InChI=1S/C11H25O4P/c1-6-8-10(3)14-16(12,13-5)15-11(4)9-7-2/h10-11H,6-9H2,1-5H3. The summed E-state index contributed by atoms with van der Waals surface area (Å²) < 4.78 is 27.7. The quantitative estimate of drug-likeness (QED) is 0.578. The van der Waals surface area contributed by atoms with Crippen LogP contribution in [-0.2, 0) is 18.1 Å². The van der Waals surface area contributed by atoms with E-state index in [1.165, 1.54) is 7.11 Å². The predicted molar refractivity (Wildman–Crippen MR) is 65.5 cm³/mol. The van der Waals surface area contributed by atoms with E-state index in [2.05, 4.69) is 13.8 Å². The molecule has 0 rings (SSSR count). The minimum atomic E-state index is -3.37. The largest absolute Gasteiger partial charge is 0.475 e. The fourth-order valence-corrected chi connectivity index (χ4v) is 2.78. The lowest BCUT2D eigenvalue weighted by Crippen LogP contribution is -2.13. The molecule has 0 amide bonds. The summed E-state index contributed by atoms with van der Waals surface area (Å²) in [6, 6.07) is 0. The van der Waals surface area contributed by atoms with Crippen molar-refractivity contribution >= 4 is 7.82 Å². The minimum Gasteiger partial charge on any atom is -0.290 e. The summed E-state index contributed by atoms with van der Waals surface area (Å²) in [5.74, 6) is 0. The van der Waals surface area contributed by atoms with Crippen molar-refractivity contribution in [3.63, 3.8) is 0 Å². The number of hydrogen-bond donors (Lipinski definition) is 0. The monoisotopic (exact) mass is 252 g/mol. The van der Waals surface area contributed by atoms with Crippen LogP contribution in [0, 0.1) is 0 Å². The number of phosphoric ester groups is 1. The predicted octanol–water partition coefficient (Wildman–Crippen LogP) is 4.15. The molecule has 5 heteroatoms. The van der Waals surface area contributed by atoms with Gasteiger partial charge in [0.2, 0.25) is 0 Å². The summed E-state index contributed by atoms with van der Waals surface area (Å²) >= 11 is 0. The lowest BCUT2D eigenvalue weighted by Gasteiger charge is -2.23. The molecule has 0 fully saturated rings. The molecule has 0 N–H and O–H groups in total. The second-order valence-corrected chi connectivity index (χ2v) is 5.72. The Bertz CT molecular complexity index is 202. The molecule has 0 aliphatic heterocycles. The van der Waals surface area contributed by atoms with E-state index in [9.17, 15) is 4.57 Å². The van der Waals surface area contributed by atoms with Crippen LogP contribution in [0.5, 0.6) is 0 Å². The molecule has 0 bridgehead atoms. The van der Waals surface area contributed by atoms with E-state index >= 15 is 0 Å². The molecule has 0 radical (unpaired) electrons. The Labute approximate surface area is 99.3 Å². The molecule has 0 aliphatic rings. The smallest absolute Gasteiger partial charge is 0.290 e. The van der Waals surface area contributed by atoms with Gasteiger partial charge in [0.05, 0.1) is 12.2 Å². The van der Waals surface area contributed by atoms with Gasteiger partial charge in [0.1, 0.15) is 0 Å². The molecule has 4 nitrogen and oxygen atoms in total. The zero-order valence-corrected chi connectivity index (χ0v) is 12.0. The first-order chi connectivity index (χ1) is 7.47. The summed E-state index contributed by atoms with van der Waals surface area (Å²) in [6.45, 7) is 7.86. The highest BCUT2D eigenvalue weighted by atomic mass is 31.2. The average molecular weight is 252 g/mol. The maximum absolute atomic E-state index is 12.1. The molecule has 0 spiro atoms. The minimum absolute atomic E-state index is 0.107. The van der Waals surface area contributed by atoms with Gasteiger partial charge in [-0.2, -0.15) is 0 Å². The van der Waals surface area contributed by atoms with Crippen molar-refractivity contribution in [3.05, 3.63) is 0 Å². The molecule has 16 heavy (non-hydrogen) atoms. The van der Waals surface area contributed by atoms with E-state index in [4.69, 9.17) is 13.6 Å². The van der Waals surface area contributed by atoms with Crippen LogP contribution in [0.2, 0.25) is 0 Å². The molecule has 0 aromatic carbocycles. The van der Waals surface area contributed by atoms with Crippen molar-refractivity contribution in [2.75, 3.05) is 7.11 Å². The van der Waals surface area contributed by atoms with Crippen molar-refractivity contribution in [2.45, 2.75) is 65.6 Å². The fourth-order valence-electron chi connectivity index (χ4n) is 1.47. The van der Waals surface area contributed by atoms with Crippen LogP contribution in [0.15, 0.2) is 0 Å². The molecule has 2 atom stereocenters. The molecule has 0 heterocycles. The Morgan fingerprint density at radius 3 is 1.62 bits per heavy atom. The first-order valence-corrected chi connectivity index (χ1v) is 7.46. The summed E-state index contributed by atoms with van der Waals surface area (Å²) in [7, 11) is -2.01. The van der Waals surface area contributed by atoms with E-state index in [-0.39, 0.29) is 12.2 Å². The maximum atomic E-state index is 12.1. The number of phosphoric acid groups is 1. The van der Waals surface area contributed by atoms with Crippen molar-refractivity contribution < 1.29 is 18.1 Å². The van der Waals surface area contributed by atoms with Gasteiger partial charge in [-0.25, -0.2) is 4.57 Å². The molecule has 2 unspecified atom stereocenters. The number of rotatable bonds is 9. The van der Waals surface area contributed by atoms with Crippen molar-refractivity contribution in [1.82, 2.24) is 0 Å². The Morgan fingerprint density at radius 1 is 1.00 bits per heavy atom. The Balaban J connectivity index is 4.24. The zero-order chi connectivity index (χ0) is 12.6. The summed E-state index contributed by atoms with van der Waals surface area (Å²) in [6.07, 6.45) is 3.44. The van der Waals surface area contributed by atoms with Crippen LogP contribution in [0.4, 0.5) is 0 Å². The highest BCUT2D eigenvalue weighted by Gasteiger charge is 2.29. The van der Waals surface area contributed by atoms with Crippen LogP contribution >= 0.6 is 7.82 Å². The lowest BCUT2D eigenvalue weighted by atomic mass is 10.2. The summed E-state index contributed by atoms with van der Waals surface area (Å²) in [5.41, 5.74) is 0. The van der Waals surface area contributed by atoms with Crippen LogP contribution in [0.25, 0.3) is 0 Å². The second kappa shape index (κ2) is 8.24.